The summed E-state index contributed by atoms with van der Waals surface area (Å²) in [5.41, 5.74) is 0.177. The van der Waals surface area contributed by atoms with Gasteiger partial charge in [0.15, 0.2) is 0 Å². The van der Waals surface area contributed by atoms with Gasteiger partial charge in [0.25, 0.3) is 0 Å². The molecule has 1 saturated carbocycles. The van der Waals surface area contributed by atoms with Gasteiger partial charge in [0.2, 0.25) is 5.91 Å². The zero-order chi connectivity index (χ0) is 14.8. The zero-order valence-corrected chi connectivity index (χ0v) is 11.5. The van der Waals surface area contributed by atoms with Crippen molar-refractivity contribution in [1.82, 2.24) is 5.32 Å². The molecule has 2 atom stereocenters. The Labute approximate surface area is 120 Å². The summed E-state index contributed by atoms with van der Waals surface area (Å²) >= 11 is 5.46. The van der Waals surface area contributed by atoms with Gasteiger partial charge in [-0.3, -0.25) is 4.79 Å². The van der Waals surface area contributed by atoms with Gasteiger partial charge in [0, 0.05) is 12.0 Å². The molecular formula is C14H15ClF3NO. The number of rotatable bonds is 3. The molecule has 0 saturated heterocycles. The van der Waals surface area contributed by atoms with Crippen molar-refractivity contribution in [3.8, 4) is 0 Å². The van der Waals surface area contributed by atoms with Crippen molar-refractivity contribution in [2.24, 2.45) is 0 Å². The minimum atomic E-state index is -4.32. The first-order valence-electron chi connectivity index (χ1n) is 6.44. The molecule has 1 amide bonds. The fraction of sp³-hybridized carbons (Fsp3) is 0.500. The van der Waals surface area contributed by atoms with E-state index in [-0.39, 0.29) is 23.7 Å². The first-order valence-corrected chi connectivity index (χ1v) is 6.97. The Balaban J connectivity index is 2.12. The maximum absolute atomic E-state index is 12.5. The van der Waals surface area contributed by atoms with Gasteiger partial charge in [0.1, 0.15) is 5.88 Å². The lowest BCUT2D eigenvalue weighted by atomic mass is 9.93. The molecule has 0 radical (unpaired) electrons. The van der Waals surface area contributed by atoms with Crippen LogP contribution < -0.4 is 5.32 Å². The number of amides is 1. The lowest BCUT2D eigenvalue weighted by Crippen LogP contribution is -2.37. The SMILES string of the molecule is O=C(CCl)NC1CCCC1c1ccc(C(F)(F)F)cc1. The Kier molecular flexibility index (Phi) is 4.58. The summed E-state index contributed by atoms with van der Waals surface area (Å²) in [6.07, 6.45) is -1.69. The number of alkyl halides is 4. The van der Waals surface area contributed by atoms with E-state index < -0.39 is 11.7 Å². The van der Waals surface area contributed by atoms with E-state index in [1.807, 2.05) is 0 Å². The van der Waals surface area contributed by atoms with Gasteiger partial charge >= 0.3 is 6.18 Å². The van der Waals surface area contributed by atoms with Gasteiger partial charge < -0.3 is 5.32 Å². The van der Waals surface area contributed by atoms with Gasteiger partial charge in [0.05, 0.1) is 5.56 Å². The Morgan fingerprint density at radius 3 is 2.45 bits per heavy atom. The third kappa shape index (κ3) is 3.45. The molecule has 0 aromatic heterocycles. The summed E-state index contributed by atoms with van der Waals surface area (Å²) in [5, 5.41) is 2.83. The first-order chi connectivity index (χ1) is 9.41. The second kappa shape index (κ2) is 6.04. The average molecular weight is 306 g/mol. The second-order valence-electron chi connectivity index (χ2n) is 4.96. The fourth-order valence-corrected chi connectivity index (χ4v) is 2.77. The van der Waals surface area contributed by atoms with Crippen LogP contribution in [0.4, 0.5) is 13.2 Å². The van der Waals surface area contributed by atoms with Crippen LogP contribution in [-0.4, -0.2) is 17.8 Å². The largest absolute Gasteiger partial charge is 0.416 e. The highest BCUT2D eigenvalue weighted by Gasteiger charge is 2.32. The van der Waals surface area contributed by atoms with Crippen LogP contribution in [0.15, 0.2) is 24.3 Å². The minimum absolute atomic E-state index is 0.0435. The van der Waals surface area contributed by atoms with Crippen molar-refractivity contribution in [2.75, 3.05) is 5.88 Å². The number of carbonyl (C=O) groups excluding carboxylic acids is 1. The van der Waals surface area contributed by atoms with Gasteiger partial charge in [-0.25, -0.2) is 0 Å². The molecule has 1 aliphatic carbocycles. The quantitative estimate of drug-likeness (QED) is 0.848. The van der Waals surface area contributed by atoms with E-state index in [4.69, 9.17) is 11.6 Å². The van der Waals surface area contributed by atoms with Gasteiger partial charge in [-0.05, 0) is 30.5 Å². The molecule has 1 aromatic carbocycles. The fourth-order valence-electron chi connectivity index (χ4n) is 2.70. The molecule has 0 heterocycles. The summed E-state index contributed by atoms with van der Waals surface area (Å²) in [4.78, 5) is 11.3. The smallest absolute Gasteiger partial charge is 0.352 e. The Morgan fingerprint density at radius 2 is 1.90 bits per heavy atom. The highest BCUT2D eigenvalue weighted by atomic mass is 35.5. The maximum Gasteiger partial charge on any atom is 0.416 e. The lowest BCUT2D eigenvalue weighted by Gasteiger charge is -2.21. The van der Waals surface area contributed by atoms with Gasteiger partial charge in [-0.2, -0.15) is 13.2 Å². The number of carbonyl (C=O) groups is 1. The first kappa shape index (κ1) is 15.2. The topological polar surface area (TPSA) is 29.1 Å². The molecule has 2 rings (SSSR count). The number of halogens is 4. The van der Waals surface area contributed by atoms with E-state index >= 15 is 0 Å². The summed E-state index contributed by atoms with van der Waals surface area (Å²) in [6, 6.07) is 5.14. The van der Waals surface area contributed by atoms with Gasteiger partial charge in [-0.1, -0.05) is 18.6 Å². The number of hydrogen-bond donors (Lipinski definition) is 1. The standard InChI is InChI=1S/C14H15ClF3NO/c15-8-13(20)19-12-3-1-2-11(12)9-4-6-10(7-5-9)14(16,17)18/h4-7,11-12H,1-3,8H2,(H,19,20). The van der Waals surface area contributed by atoms with Crippen molar-refractivity contribution in [2.45, 2.75) is 37.4 Å². The summed E-state index contributed by atoms with van der Waals surface area (Å²) in [5.74, 6) is -0.282. The monoisotopic (exact) mass is 305 g/mol. The highest BCUT2D eigenvalue weighted by Crippen LogP contribution is 2.36. The van der Waals surface area contributed by atoms with Crippen LogP contribution in [0.3, 0.4) is 0 Å². The molecule has 2 unspecified atom stereocenters. The molecule has 110 valence electrons. The van der Waals surface area contributed by atoms with Crippen molar-refractivity contribution < 1.29 is 18.0 Å². The van der Waals surface area contributed by atoms with Crippen LogP contribution >= 0.6 is 11.6 Å². The second-order valence-corrected chi connectivity index (χ2v) is 5.23. The molecule has 0 aliphatic heterocycles. The van der Waals surface area contributed by atoms with E-state index in [0.29, 0.717) is 0 Å². The normalized spacial score (nSPS) is 22.8. The molecule has 2 nitrogen and oxygen atoms in total. The molecular weight excluding hydrogens is 291 g/mol. The van der Waals surface area contributed by atoms with E-state index in [9.17, 15) is 18.0 Å². The predicted octanol–water partition coefficient (Wildman–Crippen LogP) is 3.70. The van der Waals surface area contributed by atoms with Crippen LogP contribution in [-0.2, 0) is 11.0 Å². The molecule has 6 heteroatoms. The highest BCUT2D eigenvalue weighted by molar-refractivity contribution is 6.27. The Hall–Kier alpha value is -1.23. The van der Waals surface area contributed by atoms with Crippen molar-refractivity contribution in [1.29, 1.82) is 0 Å². The molecule has 0 bridgehead atoms. The molecule has 1 N–H and O–H groups in total. The van der Waals surface area contributed by atoms with Crippen LogP contribution in [0.1, 0.15) is 36.3 Å². The number of hydrogen-bond acceptors (Lipinski definition) is 1. The molecule has 0 spiro atoms. The molecule has 1 aliphatic rings. The average Bonchev–Trinajstić information content (AvgIpc) is 2.86. The third-order valence-corrected chi connectivity index (χ3v) is 3.89. The van der Waals surface area contributed by atoms with Crippen LogP contribution in [0.5, 0.6) is 0 Å². The Bertz CT molecular complexity index is 472. The molecule has 20 heavy (non-hydrogen) atoms. The minimum Gasteiger partial charge on any atom is -0.352 e. The van der Waals surface area contributed by atoms with Crippen molar-refractivity contribution in [3.05, 3.63) is 35.4 Å². The van der Waals surface area contributed by atoms with E-state index in [1.54, 1.807) is 0 Å². The molecule has 1 aromatic rings. The Morgan fingerprint density at radius 1 is 1.25 bits per heavy atom. The molecule has 1 fully saturated rings. The van der Waals surface area contributed by atoms with E-state index in [2.05, 4.69) is 5.32 Å². The number of nitrogens with one attached hydrogen (secondary N) is 1. The van der Waals surface area contributed by atoms with Crippen LogP contribution in [0.25, 0.3) is 0 Å². The number of benzene rings is 1. The van der Waals surface area contributed by atoms with Crippen LogP contribution in [0, 0.1) is 0 Å². The van der Waals surface area contributed by atoms with Gasteiger partial charge in [-0.15, -0.1) is 11.6 Å². The zero-order valence-electron chi connectivity index (χ0n) is 10.7. The van der Waals surface area contributed by atoms with E-state index in [1.165, 1.54) is 12.1 Å². The van der Waals surface area contributed by atoms with E-state index in [0.717, 1.165) is 37.0 Å². The van der Waals surface area contributed by atoms with Crippen molar-refractivity contribution >= 4 is 17.5 Å². The predicted molar refractivity (Wildman–Crippen MR) is 70.7 cm³/mol. The maximum atomic E-state index is 12.5. The summed E-state index contributed by atoms with van der Waals surface area (Å²) < 4.78 is 37.6. The summed E-state index contributed by atoms with van der Waals surface area (Å²) in [7, 11) is 0. The summed E-state index contributed by atoms with van der Waals surface area (Å²) in [6.45, 7) is 0. The van der Waals surface area contributed by atoms with Crippen LogP contribution in [0.2, 0.25) is 0 Å². The third-order valence-electron chi connectivity index (χ3n) is 3.65. The lowest BCUT2D eigenvalue weighted by molar-refractivity contribution is -0.137. The van der Waals surface area contributed by atoms with Crippen molar-refractivity contribution in [3.63, 3.8) is 0 Å².